The Labute approximate surface area is 105 Å². The lowest BCUT2D eigenvalue weighted by atomic mass is 9.96. The Morgan fingerprint density at radius 2 is 1.71 bits per heavy atom. The quantitative estimate of drug-likeness (QED) is 0.802. The highest BCUT2D eigenvalue weighted by Crippen LogP contribution is 2.17. The number of nitrogens with zero attached hydrogens (tertiary/aromatic N) is 1. The van der Waals surface area contributed by atoms with Crippen LogP contribution in [0.15, 0.2) is 0 Å². The van der Waals surface area contributed by atoms with E-state index in [1.165, 1.54) is 25.9 Å². The first-order chi connectivity index (χ1) is 8.05. The van der Waals surface area contributed by atoms with Gasteiger partial charge in [0.25, 0.3) is 0 Å². The van der Waals surface area contributed by atoms with E-state index >= 15 is 0 Å². The summed E-state index contributed by atoms with van der Waals surface area (Å²) in [6.07, 6.45) is 4.15. The zero-order chi connectivity index (χ0) is 12.3. The normalized spacial score (nSPS) is 28.3. The Morgan fingerprint density at radius 3 is 2.29 bits per heavy atom. The Bertz CT molecular complexity index is 320. The van der Waals surface area contributed by atoms with Crippen molar-refractivity contribution < 1.29 is 8.42 Å². The second-order valence-corrected chi connectivity index (χ2v) is 7.88. The molecular weight excluding hydrogens is 236 g/mol. The van der Waals surface area contributed by atoms with E-state index in [4.69, 9.17) is 0 Å². The van der Waals surface area contributed by atoms with Crippen LogP contribution < -0.4 is 5.32 Å². The second kappa shape index (κ2) is 5.67. The number of piperidine rings is 1. The summed E-state index contributed by atoms with van der Waals surface area (Å²) in [5, 5.41) is 3.56. The van der Waals surface area contributed by atoms with Gasteiger partial charge in [-0.3, -0.25) is 0 Å². The molecule has 0 atom stereocenters. The van der Waals surface area contributed by atoms with Crippen molar-refractivity contribution in [2.45, 2.75) is 31.7 Å². The van der Waals surface area contributed by atoms with Gasteiger partial charge in [-0.2, -0.15) is 0 Å². The summed E-state index contributed by atoms with van der Waals surface area (Å²) >= 11 is 0. The van der Waals surface area contributed by atoms with E-state index in [0.717, 1.165) is 25.3 Å². The number of likely N-dealkylation sites (tertiary alicyclic amines) is 1. The van der Waals surface area contributed by atoms with Crippen molar-refractivity contribution in [1.29, 1.82) is 0 Å². The fourth-order valence-corrected chi connectivity index (χ4v) is 4.19. The molecule has 2 aliphatic rings. The molecule has 2 saturated heterocycles. The number of rotatable bonds is 3. The van der Waals surface area contributed by atoms with Gasteiger partial charge in [0.15, 0.2) is 0 Å². The van der Waals surface area contributed by atoms with Crippen molar-refractivity contribution in [2.24, 2.45) is 5.92 Å². The lowest BCUT2D eigenvalue weighted by Crippen LogP contribution is -2.42. The summed E-state index contributed by atoms with van der Waals surface area (Å²) in [5.41, 5.74) is 0. The van der Waals surface area contributed by atoms with Gasteiger partial charge in [-0.1, -0.05) is 0 Å². The van der Waals surface area contributed by atoms with Crippen molar-refractivity contribution in [3.05, 3.63) is 0 Å². The molecule has 1 N–H and O–H groups in total. The Balaban J connectivity index is 1.66. The van der Waals surface area contributed by atoms with Crippen LogP contribution in [0.5, 0.6) is 0 Å². The molecule has 2 rings (SSSR count). The van der Waals surface area contributed by atoms with Crippen LogP contribution in [0, 0.1) is 5.92 Å². The van der Waals surface area contributed by atoms with Crippen LogP contribution in [-0.4, -0.2) is 57.5 Å². The third-order valence-electron chi connectivity index (χ3n) is 4.09. The highest BCUT2D eigenvalue weighted by Gasteiger charge is 2.24. The van der Waals surface area contributed by atoms with E-state index in [0.29, 0.717) is 17.5 Å². The molecule has 5 heteroatoms. The molecule has 0 unspecified atom stereocenters. The third-order valence-corrected chi connectivity index (χ3v) is 5.80. The van der Waals surface area contributed by atoms with Gasteiger partial charge in [0.2, 0.25) is 0 Å². The number of hydrogen-bond acceptors (Lipinski definition) is 4. The van der Waals surface area contributed by atoms with E-state index in [9.17, 15) is 8.42 Å². The molecular formula is C12H24N2O2S. The molecule has 2 aliphatic heterocycles. The fraction of sp³-hybridized carbons (Fsp3) is 1.00. The number of nitrogens with one attached hydrogen (secondary N) is 1. The molecule has 100 valence electrons. The van der Waals surface area contributed by atoms with Gasteiger partial charge in [0.05, 0.1) is 11.5 Å². The van der Waals surface area contributed by atoms with Crippen LogP contribution in [-0.2, 0) is 9.84 Å². The Morgan fingerprint density at radius 1 is 1.12 bits per heavy atom. The molecule has 0 aromatic heterocycles. The van der Waals surface area contributed by atoms with Crippen LogP contribution in [0.1, 0.15) is 25.7 Å². The van der Waals surface area contributed by atoms with Crippen molar-refractivity contribution in [2.75, 3.05) is 38.2 Å². The SMILES string of the molecule is CN1CCC(CNC2CCS(=O)(=O)CC2)CC1. The molecule has 17 heavy (non-hydrogen) atoms. The molecule has 0 saturated carbocycles. The minimum atomic E-state index is -2.71. The minimum absolute atomic E-state index is 0.373. The average Bonchev–Trinajstić information content (AvgIpc) is 2.30. The number of sulfone groups is 1. The third kappa shape index (κ3) is 4.23. The maximum Gasteiger partial charge on any atom is 0.150 e. The topological polar surface area (TPSA) is 49.4 Å². The molecule has 0 bridgehead atoms. The summed E-state index contributed by atoms with van der Waals surface area (Å²) < 4.78 is 22.6. The molecule has 0 aliphatic carbocycles. The van der Waals surface area contributed by atoms with E-state index in [1.807, 2.05) is 0 Å². The summed E-state index contributed by atoms with van der Waals surface area (Å²) in [7, 11) is -0.537. The summed E-state index contributed by atoms with van der Waals surface area (Å²) in [4.78, 5) is 2.38. The maximum atomic E-state index is 11.3. The van der Waals surface area contributed by atoms with Crippen LogP contribution in [0.2, 0.25) is 0 Å². The summed E-state index contributed by atoms with van der Waals surface area (Å²) in [6.45, 7) is 3.47. The smallest absolute Gasteiger partial charge is 0.150 e. The molecule has 0 amide bonds. The van der Waals surface area contributed by atoms with Crippen LogP contribution in [0.25, 0.3) is 0 Å². The molecule has 4 nitrogen and oxygen atoms in total. The predicted octanol–water partition coefficient (Wildman–Crippen LogP) is 0.495. The van der Waals surface area contributed by atoms with Crippen LogP contribution in [0.3, 0.4) is 0 Å². The molecule has 0 radical (unpaired) electrons. The molecule has 0 aromatic rings. The molecule has 2 heterocycles. The standard InChI is InChI=1S/C12H24N2O2S/c1-14-6-2-11(3-7-14)10-13-12-4-8-17(15,16)9-5-12/h11-13H,2-10H2,1H3. The van der Waals surface area contributed by atoms with Crippen molar-refractivity contribution in [3.8, 4) is 0 Å². The lowest BCUT2D eigenvalue weighted by molar-refractivity contribution is 0.211. The van der Waals surface area contributed by atoms with Gasteiger partial charge < -0.3 is 10.2 Å². The van der Waals surface area contributed by atoms with Crippen molar-refractivity contribution in [1.82, 2.24) is 10.2 Å². The maximum absolute atomic E-state index is 11.3. The van der Waals surface area contributed by atoms with Gasteiger partial charge in [-0.25, -0.2) is 8.42 Å². The van der Waals surface area contributed by atoms with Crippen molar-refractivity contribution in [3.63, 3.8) is 0 Å². The van der Waals surface area contributed by atoms with Gasteiger partial charge in [0.1, 0.15) is 9.84 Å². The summed E-state index contributed by atoms with van der Waals surface area (Å²) in [6, 6.07) is 0.429. The van der Waals surface area contributed by atoms with Gasteiger partial charge in [-0.15, -0.1) is 0 Å². The first-order valence-electron chi connectivity index (χ1n) is 6.67. The van der Waals surface area contributed by atoms with Crippen LogP contribution in [0.4, 0.5) is 0 Å². The lowest BCUT2D eigenvalue weighted by Gasteiger charge is -2.31. The monoisotopic (exact) mass is 260 g/mol. The van der Waals surface area contributed by atoms with E-state index in [2.05, 4.69) is 17.3 Å². The zero-order valence-electron chi connectivity index (χ0n) is 10.7. The highest BCUT2D eigenvalue weighted by molar-refractivity contribution is 7.91. The molecule has 2 fully saturated rings. The Hall–Kier alpha value is -0.130. The van der Waals surface area contributed by atoms with Gasteiger partial charge >= 0.3 is 0 Å². The second-order valence-electron chi connectivity index (χ2n) is 5.58. The largest absolute Gasteiger partial charge is 0.314 e. The fourth-order valence-electron chi connectivity index (χ4n) is 2.69. The van der Waals surface area contributed by atoms with Crippen molar-refractivity contribution >= 4 is 9.84 Å². The van der Waals surface area contributed by atoms with Gasteiger partial charge in [-0.05, 0) is 58.3 Å². The highest BCUT2D eigenvalue weighted by atomic mass is 32.2. The van der Waals surface area contributed by atoms with E-state index in [1.54, 1.807) is 0 Å². The number of hydrogen-bond donors (Lipinski definition) is 1. The zero-order valence-corrected chi connectivity index (χ0v) is 11.5. The molecule has 0 aromatic carbocycles. The summed E-state index contributed by atoms with van der Waals surface area (Å²) in [5.74, 6) is 1.53. The first kappa shape index (κ1) is 13.3. The van der Waals surface area contributed by atoms with E-state index in [-0.39, 0.29) is 0 Å². The minimum Gasteiger partial charge on any atom is -0.314 e. The first-order valence-corrected chi connectivity index (χ1v) is 8.50. The Kier molecular flexibility index (Phi) is 4.44. The predicted molar refractivity (Wildman–Crippen MR) is 69.9 cm³/mol. The average molecular weight is 260 g/mol. The molecule has 0 spiro atoms. The van der Waals surface area contributed by atoms with E-state index < -0.39 is 9.84 Å². The van der Waals surface area contributed by atoms with Gasteiger partial charge in [0, 0.05) is 6.04 Å². The van der Waals surface area contributed by atoms with Crippen LogP contribution >= 0.6 is 0 Å².